The molecule has 0 aromatic carbocycles. The molecule has 0 spiro atoms. The number of nitrogens with zero attached hydrogens (tertiary/aromatic N) is 4. The van der Waals surface area contributed by atoms with Crippen LogP contribution in [0, 0.1) is 6.92 Å². The van der Waals surface area contributed by atoms with E-state index in [0.29, 0.717) is 11.6 Å². The number of carbonyl (C=O) groups is 2. The van der Waals surface area contributed by atoms with Crippen molar-refractivity contribution in [3.63, 3.8) is 0 Å². The molecule has 0 bridgehead atoms. The molecule has 6 nitrogen and oxygen atoms in total. The van der Waals surface area contributed by atoms with Crippen LogP contribution in [0.25, 0.3) is 10.2 Å². The molecule has 0 radical (unpaired) electrons. The van der Waals surface area contributed by atoms with Gasteiger partial charge in [-0.25, -0.2) is 9.97 Å². The molecular formula is C16H17ClN4O2S2. The third-order valence-electron chi connectivity index (χ3n) is 4.70. The summed E-state index contributed by atoms with van der Waals surface area (Å²) in [6.07, 6.45) is 3.52. The van der Waals surface area contributed by atoms with E-state index in [-0.39, 0.29) is 30.2 Å². The maximum absolute atomic E-state index is 12.6. The number of thiophene rings is 1. The summed E-state index contributed by atoms with van der Waals surface area (Å²) in [5, 5.41) is 2.20. The highest BCUT2D eigenvalue weighted by Crippen LogP contribution is 2.38. The van der Waals surface area contributed by atoms with Gasteiger partial charge in [0.25, 0.3) is 0 Å². The van der Waals surface area contributed by atoms with Crippen molar-refractivity contribution >= 4 is 56.7 Å². The van der Waals surface area contributed by atoms with Crippen molar-refractivity contribution in [2.24, 2.45) is 0 Å². The third kappa shape index (κ3) is 3.11. The Morgan fingerprint density at radius 1 is 1.48 bits per heavy atom. The standard InChI is InChI=1S/C16H17ClN4O2S2/c1-9-14(17)13-15(18-8-19-16(13)25-9)24-7-12(23)20-5-10-3-2-4-21(10)11(22)6-20/h8,10H,2-7H2,1H3. The molecular weight excluding hydrogens is 380 g/mol. The Balaban J connectivity index is 1.47. The molecule has 2 aromatic rings. The average Bonchev–Trinajstić information content (AvgIpc) is 3.18. The summed E-state index contributed by atoms with van der Waals surface area (Å²) >= 11 is 9.25. The SMILES string of the molecule is Cc1sc2ncnc(SCC(=O)N3CC(=O)N4CCCC4C3)c2c1Cl. The zero-order valence-electron chi connectivity index (χ0n) is 13.7. The van der Waals surface area contributed by atoms with Gasteiger partial charge in [0.2, 0.25) is 11.8 Å². The first kappa shape index (κ1) is 17.1. The number of aryl methyl sites for hydroxylation is 1. The number of thioether (sulfide) groups is 1. The fourth-order valence-corrected chi connectivity index (χ4v) is 5.69. The first-order valence-corrected chi connectivity index (χ1v) is 10.3. The summed E-state index contributed by atoms with van der Waals surface area (Å²) in [7, 11) is 0. The molecule has 9 heteroatoms. The van der Waals surface area contributed by atoms with Gasteiger partial charge < -0.3 is 9.80 Å². The van der Waals surface area contributed by atoms with Crippen LogP contribution in [0.1, 0.15) is 17.7 Å². The largest absolute Gasteiger partial charge is 0.336 e. The Morgan fingerprint density at radius 2 is 2.32 bits per heavy atom. The van der Waals surface area contributed by atoms with Crippen LogP contribution in [0.15, 0.2) is 11.4 Å². The molecule has 4 rings (SSSR count). The van der Waals surface area contributed by atoms with Gasteiger partial charge in [0.15, 0.2) is 0 Å². The van der Waals surface area contributed by atoms with Gasteiger partial charge in [-0.1, -0.05) is 23.4 Å². The number of aromatic nitrogens is 2. The first-order valence-electron chi connectivity index (χ1n) is 8.14. The number of piperazine rings is 1. The van der Waals surface area contributed by atoms with Gasteiger partial charge in [-0.2, -0.15) is 0 Å². The van der Waals surface area contributed by atoms with Gasteiger partial charge >= 0.3 is 0 Å². The molecule has 2 aromatic heterocycles. The zero-order chi connectivity index (χ0) is 17.6. The summed E-state index contributed by atoms with van der Waals surface area (Å²) in [4.78, 5) is 38.7. The minimum atomic E-state index is -0.0280. The minimum absolute atomic E-state index is 0.0280. The maximum atomic E-state index is 12.6. The van der Waals surface area contributed by atoms with Crippen molar-refractivity contribution < 1.29 is 9.59 Å². The summed E-state index contributed by atoms with van der Waals surface area (Å²) in [6.45, 7) is 3.60. The highest BCUT2D eigenvalue weighted by atomic mass is 35.5. The summed E-state index contributed by atoms with van der Waals surface area (Å²) in [5.41, 5.74) is 0. The van der Waals surface area contributed by atoms with E-state index in [1.807, 2.05) is 11.8 Å². The highest BCUT2D eigenvalue weighted by molar-refractivity contribution is 8.00. The van der Waals surface area contributed by atoms with Crippen molar-refractivity contribution in [2.75, 3.05) is 25.4 Å². The maximum Gasteiger partial charge on any atom is 0.242 e. The molecule has 1 atom stereocenters. The predicted octanol–water partition coefficient (Wildman–Crippen LogP) is 2.58. The highest BCUT2D eigenvalue weighted by Gasteiger charge is 2.37. The lowest BCUT2D eigenvalue weighted by Crippen LogP contribution is -2.55. The number of amides is 2. The number of halogens is 1. The van der Waals surface area contributed by atoms with Gasteiger partial charge in [0, 0.05) is 24.0 Å². The van der Waals surface area contributed by atoms with Crippen molar-refractivity contribution in [3.8, 4) is 0 Å². The van der Waals surface area contributed by atoms with Crippen molar-refractivity contribution in [2.45, 2.75) is 30.8 Å². The molecule has 2 saturated heterocycles. The smallest absolute Gasteiger partial charge is 0.242 e. The molecule has 132 valence electrons. The molecule has 2 aliphatic heterocycles. The summed E-state index contributed by atoms with van der Waals surface area (Å²) in [6, 6.07) is 0.190. The topological polar surface area (TPSA) is 66.4 Å². The molecule has 0 saturated carbocycles. The van der Waals surface area contributed by atoms with Crippen molar-refractivity contribution in [3.05, 3.63) is 16.2 Å². The average molecular weight is 397 g/mol. The van der Waals surface area contributed by atoms with Gasteiger partial charge in [0.05, 0.1) is 22.7 Å². The van der Waals surface area contributed by atoms with E-state index in [0.717, 1.165) is 39.5 Å². The Labute approximate surface area is 158 Å². The van der Waals surface area contributed by atoms with Crippen LogP contribution in [-0.2, 0) is 9.59 Å². The zero-order valence-corrected chi connectivity index (χ0v) is 16.1. The fraction of sp³-hybridized carbons (Fsp3) is 0.500. The first-order chi connectivity index (χ1) is 12.0. The van der Waals surface area contributed by atoms with E-state index in [9.17, 15) is 9.59 Å². The van der Waals surface area contributed by atoms with E-state index in [2.05, 4.69) is 9.97 Å². The van der Waals surface area contributed by atoms with Crippen LogP contribution in [0.3, 0.4) is 0 Å². The Hall–Kier alpha value is -1.38. The molecule has 0 aliphatic carbocycles. The van der Waals surface area contributed by atoms with Crippen LogP contribution in [0.2, 0.25) is 5.02 Å². The third-order valence-corrected chi connectivity index (χ3v) is 7.27. The second kappa shape index (κ2) is 6.74. The van der Waals surface area contributed by atoms with E-state index in [1.165, 1.54) is 29.4 Å². The summed E-state index contributed by atoms with van der Waals surface area (Å²) in [5.74, 6) is 0.282. The quantitative estimate of drug-likeness (QED) is 0.589. The fourth-order valence-electron chi connectivity index (χ4n) is 3.43. The second-order valence-corrected chi connectivity index (χ2v) is 8.82. The van der Waals surface area contributed by atoms with Crippen molar-refractivity contribution in [1.29, 1.82) is 0 Å². The van der Waals surface area contributed by atoms with Crippen LogP contribution < -0.4 is 0 Å². The normalized spacial score (nSPS) is 20.4. The van der Waals surface area contributed by atoms with Crippen molar-refractivity contribution in [1.82, 2.24) is 19.8 Å². The lowest BCUT2D eigenvalue weighted by molar-refractivity contribution is -0.145. The van der Waals surface area contributed by atoms with Gasteiger partial charge in [-0.15, -0.1) is 11.3 Å². The second-order valence-electron chi connectivity index (χ2n) is 6.28. The molecule has 2 aliphatic rings. The molecule has 25 heavy (non-hydrogen) atoms. The van der Waals surface area contributed by atoms with E-state index >= 15 is 0 Å². The molecule has 2 fully saturated rings. The van der Waals surface area contributed by atoms with Crippen LogP contribution in [0.5, 0.6) is 0 Å². The van der Waals surface area contributed by atoms with E-state index in [1.54, 1.807) is 4.90 Å². The Bertz CT molecular complexity index is 856. The lowest BCUT2D eigenvalue weighted by Gasteiger charge is -2.37. The van der Waals surface area contributed by atoms with E-state index < -0.39 is 0 Å². The summed E-state index contributed by atoms with van der Waals surface area (Å²) < 4.78 is 0. The van der Waals surface area contributed by atoms with Gasteiger partial charge in [-0.3, -0.25) is 9.59 Å². The van der Waals surface area contributed by atoms with Crippen LogP contribution in [-0.4, -0.2) is 63.0 Å². The number of hydrogen-bond donors (Lipinski definition) is 0. The van der Waals surface area contributed by atoms with E-state index in [4.69, 9.17) is 11.6 Å². The minimum Gasteiger partial charge on any atom is -0.336 e. The van der Waals surface area contributed by atoms with Gasteiger partial charge in [0.1, 0.15) is 16.2 Å². The monoisotopic (exact) mass is 396 g/mol. The Kier molecular flexibility index (Phi) is 4.59. The number of rotatable bonds is 3. The molecule has 1 unspecified atom stereocenters. The number of fused-ring (bicyclic) bond motifs is 2. The van der Waals surface area contributed by atoms with Crippen LogP contribution >= 0.6 is 34.7 Å². The molecule has 0 N–H and O–H groups in total. The van der Waals surface area contributed by atoms with Gasteiger partial charge in [-0.05, 0) is 19.8 Å². The van der Waals surface area contributed by atoms with Crippen LogP contribution in [0.4, 0.5) is 0 Å². The predicted molar refractivity (Wildman–Crippen MR) is 99.2 cm³/mol. The number of hydrogen-bond acceptors (Lipinski definition) is 6. The molecule has 2 amide bonds. The Morgan fingerprint density at radius 3 is 3.16 bits per heavy atom. The molecule has 4 heterocycles. The lowest BCUT2D eigenvalue weighted by atomic mass is 10.1. The number of carbonyl (C=O) groups excluding carboxylic acids is 2.